The second-order valence-electron chi connectivity index (χ2n) is 8.55. The van der Waals surface area contributed by atoms with Gasteiger partial charge < -0.3 is 20.4 Å². The van der Waals surface area contributed by atoms with Gasteiger partial charge in [-0.05, 0) is 54.3 Å². The van der Waals surface area contributed by atoms with E-state index < -0.39 is 11.8 Å². The minimum absolute atomic E-state index is 0.0833. The zero-order chi connectivity index (χ0) is 23.4. The summed E-state index contributed by atoms with van der Waals surface area (Å²) in [4.78, 5) is 29.5. The fourth-order valence-corrected chi connectivity index (χ4v) is 4.25. The average Bonchev–Trinajstić information content (AvgIpc) is 3.25. The molecule has 1 aliphatic heterocycles. The number of nitrogens with one attached hydrogen (secondary N) is 2. The van der Waals surface area contributed by atoms with Crippen LogP contribution in [-0.4, -0.2) is 39.0 Å². The van der Waals surface area contributed by atoms with Crippen LogP contribution in [0.5, 0.6) is 0 Å². The van der Waals surface area contributed by atoms with Crippen molar-refractivity contribution in [2.45, 2.75) is 19.4 Å². The van der Waals surface area contributed by atoms with Gasteiger partial charge in [0.1, 0.15) is 0 Å². The molecule has 3 aromatic rings. The Bertz CT molecular complexity index is 1140. The molecule has 0 bridgehead atoms. The molecule has 2 N–H and O–H groups in total. The fourth-order valence-electron chi connectivity index (χ4n) is 4.25. The quantitative estimate of drug-likeness (QED) is 0.568. The molecule has 33 heavy (non-hydrogen) atoms. The molecule has 0 fully saturated rings. The summed E-state index contributed by atoms with van der Waals surface area (Å²) in [7, 11) is 4.02. The van der Waals surface area contributed by atoms with Crippen LogP contribution >= 0.6 is 0 Å². The van der Waals surface area contributed by atoms with Crippen LogP contribution in [-0.2, 0) is 16.0 Å². The number of amides is 2. The Morgan fingerprint density at radius 3 is 2.36 bits per heavy atom. The van der Waals surface area contributed by atoms with E-state index in [1.165, 1.54) is 11.3 Å². The van der Waals surface area contributed by atoms with Crippen molar-refractivity contribution < 1.29 is 9.59 Å². The van der Waals surface area contributed by atoms with E-state index in [0.29, 0.717) is 12.2 Å². The Morgan fingerprint density at radius 1 is 0.939 bits per heavy atom. The first-order valence-corrected chi connectivity index (χ1v) is 11.2. The summed E-state index contributed by atoms with van der Waals surface area (Å²) in [6.45, 7) is 3.09. The number of hydrogen-bond acceptors (Lipinski definition) is 4. The van der Waals surface area contributed by atoms with Crippen molar-refractivity contribution in [2.24, 2.45) is 0 Å². The Balaban J connectivity index is 1.52. The fraction of sp³-hybridized carbons (Fsp3) is 0.259. The maximum atomic E-state index is 12.7. The van der Waals surface area contributed by atoms with Crippen LogP contribution in [0.25, 0.3) is 0 Å². The third-order valence-electron chi connectivity index (χ3n) is 6.15. The van der Waals surface area contributed by atoms with E-state index >= 15 is 0 Å². The molecule has 6 nitrogen and oxygen atoms in total. The smallest absolute Gasteiger partial charge is 0.313 e. The summed E-state index contributed by atoms with van der Waals surface area (Å²) in [6, 6.07) is 24.0. The molecule has 3 aromatic carbocycles. The van der Waals surface area contributed by atoms with Crippen LogP contribution < -0.4 is 20.4 Å². The molecular weight excluding hydrogens is 412 g/mol. The maximum Gasteiger partial charge on any atom is 0.313 e. The van der Waals surface area contributed by atoms with Crippen molar-refractivity contribution in [1.82, 2.24) is 5.32 Å². The first kappa shape index (κ1) is 22.4. The normalized spacial score (nSPS) is 13.2. The predicted molar refractivity (Wildman–Crippen MR) is 134 cm³/mol. The number of carbonyl (C=O) groups excluding carboxylic acids is 2. The summed E-state index contributed by atoms with van der Waals surface area (Å²) in [6.07, 6.45) is 0.962. The highest BCUT2D eigenvalue weighted by atomic mass is 16.2. The maximum absolute atomic E-state index is 12.7. The van der Waals surface area contributed by atoms with Gasteiger partial charge in [-0.2, -0.15) is 0 Å². The Morgan fingerprint density at radius 2 is 1.64 bits per heavy atom. The molecule has 0 aliphatic carbocycles. The number of benzene rings is 3. The number of para-hydroxylation sites is 2. The molecule has 0 spiro atoms. The third kappa shape index (κ3) is 5.00. The molecule has 4 rings (SSSR count). The molecule has 0 aromatic heterocycles. The SMILES string of the molecule is Cc1ccccc1NC(=O)C(=O)NC[C@@H](c1ccc(N(C)C)cc1)N1CCc2ccccc21. The number of anilines is 3. The van der Waals surface area contributed by atoms with E-state index in [1.807, 2.05) is 45.3 Å². The van der Waals surface area contributed by atoms with Crippen molar-refractivity contribution in [1.29, 1.82) is 0 Å². The molecule has 1 atom stereocenters. The predicted octanol–water partition coefficient (Wildman–Crippen LogP) is 3.92. The van der Waals surface area contributed by atoms with Gasteiger partial charge in [-0.25, -0.2) is 0 Å². The largest absolute Gasteiger partial charge is 0.378 e. The average molecular weight is 443 g/mol. The van der Waals surface area contributed by atoms with Gasteiger partial charge in [-0.1, -0.05) is 48.5 Å². The molecular formula is C27H30N4O2. The number of fused-ring (bicyclic) bond motifs is 1. The molecule has 6 heteroatoms. The minimum atomic E-state index is -0.659. The van der Waals surface area contributed by atoms with Gasteiger partial charge >= 0.3 is 11.8 Å². The van der Waals surface area contributed by atoms with Crippen LogP contribution in [0.4, 0.5) is 17.1 Å². The van der Waals surface area contributed by atoms with Crippen molar-refractivity contribution in [3.8, 4) is 0 Å². The standard InChI is InChI=1S/C27H30N4O2/c1-19-8-4-6-10-23(19)29-27(33)26(32)28-18-25(21-12-14-22(15-13-21)30(2)3)31-17-16-20-9-5-7-11-24(20)31/h4-15,25H,16-18H2,1-3H3,(H,28,32)(H,29,33)/t25-/m0/s1. The van der Waals surface area contributed by atoms with Gasteiger partial charge in [-0.15, -0.1) is 0 Å². The van der Waals surface area contributed by atoms with Crippen LogP contribution in [0, 0.1) is 6.92 Å². The van der Waals surface area contributed by atoms with Gasteiger partial charge in [0, 0.05) is 44.2 Å². The van der Waals surface area contributed by atoms with Gasteiger partial charge in [-0.3, -0.25) is 9.59 Å². The summed E-state index contributed by atoms with van der Waals surface area (Å²) in [5.74, 6) is -1.30. The van der Waals surface area contributed by atoms with Gasteiger partial charge in [0.15, 0.2) is 0 Å². The highest BCUT2D eigenvalue weighted by Gasteiger charge is 2.28. The Kier molecular flexibility index (Phi) is 6.63. The van der Waals surface area contributed by atoms with E-state index in [4.69, 9.17) is 0 Å². The van der Waals surface area contributed by atoms with Crippen molar-refractivity contribution in [3.63, 3.8) is 0 Å². The summed E-state index contributed by atoms with van der Waals surface area (Å²) < 4.78 is 0. The number of carbonyl (C=O) groups is 2. The molecule has 2 amide bonds. The van der Waals surface area contributed by atoms with Gasteiger partial charge in [0.25, 0.3) is 0 Å². The highest BCUT2D eigenvalue weighted by Crippen LogP contribution is 2.35. The zero-order valence-electron chi connectivity index (χ0n) is 19.3. The van der Waals surface area contributed by atoms with Crippen LogP contribution in [0.1, 0.15) is 22.7 Å². The number of aryl methyl sites for hydroxylation is 1. The Hall–Kier alpha value is -3.80. The van der Waals surface area contributed by atoms with Gasteiger partial charge in [0.05, 0.1) is 6.04 Å². The molecule has 0 saturated carbocycles. The van der Waals surface area contributed by atoms with E-state index in [2.05, 4.69) is 62.9 Å². The van der Waals surface area contributed by atoms with Crippen molar-refractivity contribution >= 4 is 28.9 Å². The monoisotopic (exact) mass is 442 g/mol. The Labute approximate surface area is 195 Å². The van der Waals surface area contributed by atoms with E-state index in [0.717, 1.165) is 29.8 Å². The lowest BCUT2D eigenvalue weighted by Gasteiger charge is -2.31. The first-order chi connectivity index (χ1) is 15.9. The van der Waals surface area contributed by atoms with Crippen LogP contribution in [0.2, 0.25) is 0 Å². The van der Waals surface area contributed by atoms with E-state index in [-0.39, 0.29) is 6.04 Å². The summed E-state index contributed by atoms with van der Waals surface area (Å²) in [5.41, 5.74) is 6.24. The highest BCUT2D eigenvalue weighted by molar-refractivity contribution is 6.39. The molecule has 1 aliphatic rings. The lowest BCUT2D eigenvalue weighted by Crippen LogP contribution is -2.41. The second-order valence-corrected chi connectivity index (χ2v) is 8.55. The molecule has 0 saturated heterocycles. The van der Waals surface area contributed by atoms with Crippen molar-refractivity contribution in [3.05, 3.63) is 89.5 Å². The molecule has 170 valence electrons. The molecule has 0 unspecified atom stereocenters. The summed E-state index contributed by atoms with van der Waals surface area (Å²) in [5, 5.41) is 5.57. The third-order valence-corrected chi connectivity index (χ3v) is 6.15. The van der Waals surface area contributed by atoms with Crippen LogP contribution in [0.3, 0.4) is 0 Å². The van der Waals surface area contributed by atoms with Crippen molar-refractivity contribution in [2.75, 3.05) is 42.3 Å². The number of rotatable bonds is 6. The second kappa shape index (κ2) is 9.77. The first-order valence-electron chi connectivity index (χ1n) is 11.2. The molecule has 0 radical (unpaired) electrons. The minimum Gasteiger partial charge on any atom is -0.378 e. The molecule has 1 heterocycles. The van der Waals surface area contributed by atoms with E-state index in [9.17, 15) is 9.59 Å². The topological polar surface area (TPSA) is 64.7 Å². The zero-order valence-corrected chi connectivity index (χ0v) is 19.3. The van der Waals surface area contributed by atoms with Crippen LogP contribution in [0.15, 0.2) is 72.8 Å². The lowest BCUT2D eigenvalue weighted by molar-refractivity contribution is -0.136. The lowest BCUT2D eigenvalue weighted by atomic mass is 10.0. The number of hydrogen-bond donors (Lipinski definition) is 2. The van der Waals surface area contributed by atoms with Gasteiger partial charge in [0.2, 0.25) is 0 Å². The van der Waals surface area contributed by atoms with E-state index in [1.54, 1.807) is 6.07 Å². The number of nitrogens with zero attached hydrogens (tertiary/aromatic N) is 2. The summed E-state index contributed by atoms with van der Waals surface area (Å²) >= 11 is 0.